The minimum absolute atomic E-state index is 0.00797. The van der Waals surface area contributed by atoms with Crippen molar-refractivity contribution in [3.63, 3.8) is 0 Å². The molecule has 15 aromatic rings. The molecule has 4 heterocycles. The van der Waals surface area contributed by atoms with Crippen LogP contribution in [0.2, 0.25) is 0 Å². The van der Waals surface area contributed by atoms with Gasteiger partial charge in [-0.3, -0.25) is 0 Å². The van der Waals surface area contributed by atoms with Gasteiger partial charge >= 0.3 is 0 Å². The number of benzene rings is 13. The van der Waals surface area contributed by atoms with E-state index in [1.54, 1.807) is 4.57 Å². The van der Waals surface area contributed by atoms with Gasteiger partial charge in [0.05, 0.1) is 33.4 Å². The summed E-state index contributed by atoms with van der Waals surface area (Å²) in [5.41, 5.74) is 27.4. The summed E-state index contributed by atoms with van der Waals surface area (Å²) < 4.78 is 83.6. The van der Waals surface area contributed by atoms with Gasteiger partial charge in [-0.25, -0.2) is 0 Å². The molecule has 0 amide bonds. The molecule has 0 saturated carbocycles. The van der Waals surface area contributed by atoms with Crippen molar-refractivity contribution in [3.8, 4) is 61.3 Å². The standard InChI is InChI=1S/C102H98BN3O/c1-97(2,3)73-48-69(49-74(60-73)98(4,5)6)65-43-45-84-90(56-65)104(79-54-67(63-31-21-19-22-32-63)47-68(55-79)64-33-23-20-24-34-64)92-58-72(71-52-77(101(13,14)15)62-78(53-71)102(16,17)18)59-93-94(92)103(84)85-46-44-66(70-50-75(99(7,8)9)61-76(51-70)100(10,11)12)57-91(85)106(93)89-42-30-38-83-82-37-29-41-88(95(82)107-96(83)89)105-86-39-27-25-35-80(86)81-36-26-28-40-87(81)105/h19-62H,1-18H3/i25D,26D,27D,28D,35D,36D,39D,40D. The maximum absolute atomic E-state index is 9.65. The Morgan fingerprint density at radius 2 is 0.617 bits per heavy atom. The van der Waals surface area contributed by atoms with Crippen molar-refractivity contribution in [2.24, 2.45) is 0 Å². The van der Waals surface area contributed by atoms with E-state index in [9.17, 15) is 5.48 Å². The minimum Gasteiger partial charge on any atom is -0.452 e. The van der Waals surface area contributed by atoms with E-state index in [4.69, 9.17) is 9.90 Å². The zero-order valence-electron chi connectivity index (χ0n) is 73.1. The largest absolute Gasteiger partial charge is 0.452 e. The third kappa shape index (κ3) is 12.1. The molecule has 0 N–H and O–H groups in total. The first-order chi connectivity index (χ1) is 54.1. The van der Waals surface area contributed by atoms with E-state index in [2.05, 4.69) is 335 Å². The van der Waals surface area contributed by atoms with Crippen LogP contribution in [0.4, 0.5) is 34.1 Å². The first-order valence-corrected chi connectivity index (χ1v) is 37.9. The van der Waals surface area contributed by atoms with E-state index in [0.29, 0.717) is 22.2 Å². The van der Waals surface area contributed by atoms with Crippen LogP contribution < -0.4 is 26.2 Å². The predicted octanol–water partition coefficient (Wildman–Crippen LogP) is 26.9. The Balaban J connectivity index is 1.04. The lowest BCUT2D eigenvalue weighted by Gasteiger charge is -2.45. The average molecular weight is 1400 g/mol. The second-order valence-electron chi connectivity index (χ2n) is 36.2. The molecule has 107 heavy (non-hydrogen) atoms. The summed E-state index contributed by atoms with van der Waals surface area (Å²) in [5, 5.41) is 1.44. The maximum atomic E-state index is 9.65. The van der Waals surface area contributed by atoms with Crippen molar-refractivity contribution in [1.82, 2.24) is 4.57 Å². The molecule has 2 aromatic heterocycles. The Bertz CT molecular complexity index is 6360. The van der Waals surface area contributed by atoms with Crippen LogP contribution in [-0.4, -0.2) is 11.3 Å². The molecule has 0 aliphatic carbocycles. The van der Waals surface area contributed by atoms with Gasteiger partial charge in [-0.05, 0) is 205 Å². The quantitative estimate of drug-likeness (QED) is 0.142. The number of anilines is 6. The number of nitrogens with zero attached hydrogens (tertiary/aromatic N) is 3. The summed E-state index contributed by atoms with van der Waals surface area (Å²) in [6, 6.07) is 77.8. The number of aromatic nitrogens is 1. The van der Waals surface area contributed by atoms with Crippen molar-refractivity contribution in [2.75, 3.05) is 9.80 Å². The Morgan fingerprint density at radius 3 is 1.04 bits per heavy atom. The van der Waals surface area contributed by atoms with Gasteiger partial charge in [0, 0.05) is 50.0 Å². The molecule has 0 bridgehead atoms. The SMILES string of the molecule is [2H]c1c([2H])c([2H])c2c(c1[2H])c1c([2H])c([2H])c([2H])c([2H])c1n2-c1cccc2c1oc1c(N3c4cc(-c5cc(C(C)(C)C)cc(C(C)(C)C)c5)ccc4B4c5ccc(-c6cc(C(C)(C)C)cc(C(C)(C)C)c6)cc5N(c5cc(-c6ccccc6)cc(-c6ccccc6)c5)c5cc(-c6cc(C(C)(C)C)cc(C(C)(C)C)c6)cc3c54)cccc12. The molecular weight excluding hydrogens is 1290 g/mol. The molecule has 0 spiro atoms. The van der Waals surface area contributed by atoms with Crippen LogP contribution >= 0.6 is 0 Å². The number of rotatable bonds is 8. The predicted molar refractivity (Wildman–Crippen MR) is 461 cm³/mol. The van der Waals surface area contributed by atoms with Gasteiger partial charge in [0.2, 0.25) is 0 Å². The van der Waals surface area contributed by atoms with Crippen molar-refractivity contribution in [2.45, 2.75) is 157 Å². The lowest BCUT2D eigenvalue weighted by Crippen LogP contribution is -2.61. The lowest BCUT2D eigenvalue weighted by atomic mass is 9.33. The molecular formula is C102H98BN3O. The summed E-state index contributed by atoms with van der Waals surface area (Å²) in [7, 11) is 0. The molecule has 2 aliphatic rings. The smallest absolute Gasteiger partial charge is 0.252 e. The van der Waals surface area contributed by atoms with E-state index in [1.807, 2.05) is 18.2 Å². The van der Waals surface area contributed by atoms with E-state index in [1.165, 1.54) is 33.4 Å². The highest BCUT2D eigenvalue weighted by molar-refractivity contribution is 7.00. The zero-order chi connectivity index (χ0) is 81.7. The summed E-state index contributed by atoms with van der Waals surface area (Å²) in [6.45, 7) is 41.1. The van der Waals surface area contributed by atoms with E-state index < -0.39 is 36.3 Å². The number of hydrogen-bond acceptors (Lipinski definition) is 3. The van der Waals surface area contributed by atoms with Gasteiger partial charge in [-0.1, -0.05) is 325 Å². The van der Waals surface area contributed by atoms with Crippen LogP contribution in [0.5, 0.6) is 0 Å². The molecule has 0 unspecified atom stereocenters. The van der Waals surface area contributed by atoms with Crippen LogP contribution in [0, 0.1) is 0 Å². The van der Waals surface area contributed by atoms with Crippen molar-refractivity contribution < 1.29 is 15.4 Å². The Morgan fingerprint density at radius 1 is 0.271 bits per heavy atom. The number of furan rings is 1. The number of para-hydroxylation sites is 4. The van der Waals surface area contributed by atoms with Crippen molar-refractivity contribution in [3.05, 3.63) is 300 Å². The molecule has 0 atom stereocenters. The van der Waals surface area contributed by atoms with Crippen LogP contribution in [0.25, 0.3) is 105 Å². The van der Waals surface area contributed by atoms with Crippen LogP contribution in [0.15, 0.2) is 271 Å². The molecule has 2 aliphatic heterocycles. The minimum atomic E-state index is -0.507. The maximum Gasteiger partial charge on any atom is 0.252 e. The molecule has 5 heteroatoms. The van der Waals surface area contributed by atoms with Crippen molar-refractivity contribution in [1.29, 1.82) is 0 Å². The summed E-state index contributed by atoms with van der Waals surface area (Å²) in [5.74, 6) is 0. The van der Waals surface area contributed by atoms with E-state index in [-0.39, 0.29) is 73.1 Å². The highest BCUT2D eigenvalue weighted by Crippen LogP contribution is 2.53. The zero-order valence-corrected chi connectivity index (χ0v) is 65.1. The Kier molecular flexibility index (Phi) is 14.0. The molecule has 530 valence electrons. The third-order valence-corrected chi connectivity index (χ3v) is 22.5. The first kappa shape index (κ1) is 60.3. The van der Waals surface area contributed by atoms with Crippen LogP contribution in [0.3, 0.4) is 0 Å². The highest BCUT2D eigenvalue weighted by atomic mass is 16.3. The lowest BCUT2D eigenvalue weighted by molar-refractivity contribution is 0.568. The molecule has 0 fully saturated rings. The van der Waals surface area contributed by atoms with Gasteiger partial charge in [0.15, 0.2) is 11.2 Å². The second-order valence-corrected chi connectivity index (χ2v) is 36.2. The number of fused-ring (bicyclic) bond motifs is 10. The van der Waals surface area contributed by atoms with E-state index in [0.717, 1.165) is 112 Å². The van der Waals surface area contributed by atoms with Gasteiger partial charge in [-0.2, -0.15) is 0 Å². The van der Waals surface area contributed by atoms with Crippen molar-refractivity contribution >= 4 is 101 Å². The number of hydrogen-bond donors (Lipinski definition) is 0. The second kappa shape index (κ2) is 24.9. The molecule has 4 nitrogen and oxygen atoms in total. The molecule has 17 rings (SSSR count). The average Bonchev–Trinajstić information content (AvgIpc) is 1.54. The van der Waals surface area contributed by atoms with Crippen LogP contribution in [-0.2, 0) is 32.5 Å². The van der Waals surface area contributed by atoms with Gasteiger partial charge in [0.1, 0.15) is 0 Å². The molecule has 0 saturated heterocycles. The fourth-order valence-corrected chi connectivity index (χ4v) is 16.2. The molecule has 0 radical (unpaired) electrons. The fourth-order valence-electron chi connectivity index (χ4n) is 16.2. The third-order valence-electron chi connectivity index (χ3n) is 22.5. The summed E-state index contributed by atoms with van der Waals surface area (Å²) >= 11 is 0. The first-order valence-electron chi connectivity index (χ1n) is 41.9. The topological polar surface area (TPSA) is 24.6 Å². The highest BCUT2D eigenvalue weighted by Gasteiger charge is 2.45. The van der Waals surface area contributed by atoms with Gasteiger partial charge < -0.3 is 18.8 Å². The van der Waals surface area contributed by atoms with Gasteiger partial charge in [0.25, 0.3) is 6.71 Å². The fraction of sp³-hybridized carbons (Fsp3) is 0.235. The van der Waals surface area contributed by atoms with Gasteiger partial charge in [-0.15, -0.1) is 0 Å². The monoisotopic (exact) mass is 1400 g/mol. The van der Waals surface area contributed by atoms with E-state index >= 15 is 0 Å². The summed E-state index contributed by atoms with van der Waals surface area (Å²) in [4.78, 5) is 5.02. The Hall–Kier alpha value is -10.9. The normalized spacial score (nSPS) is 14.5. The van der Waals surface area contributed by atoms with Crippen LogP contribution in [0.1, 0.15) is 169 Å². The Labute approximate surface area is 645 Å². The molecule has 13 aromatic carbocycles. The summed E-state index contributed by atoms with van der Waals surface area (Å²) in [6.07, 6.45) is 0.